The quantitative estimate of drug-likeness (QED) is 0.821. The first-order valence-electron chi connectivity index (χ1n) is 7.96. The van der Waals surface area contributed by atoms with Crippen molar-refractivity contribution < 1.29 is 13.9 Å². The Morgan fingerprint density at radius 3 is 2.84 bits per heavy atom. The number of halogens is 3. The number of benzene rings is 1. The Balaban J connectivity index is 1.57. The van der Waals surface area contributed by atoms with E-state index in [1.54, 1.807) is 36.5 Å². The first kappa shape index (κ1) is 16.8. The van der Waals surface area contributed by atoms with Crippen LogP contribution in [-0.4, -0.2) is 17.5 Å². The minimum absolute atomic E-state index is 0.0614. The van der Waals surface area contributed by atoms with E-state index in [1.807, 2.05) is 0 Å². The minimum atomic E-state index is -2.13. The fraction of sp³-hybridized carbons (Fsp3) is 0.333. The van der Waals surface area contributed by atoms with Crippen LogP contribution in [0.5, 0.6) is 0 Å². The van der Waals surface area contributed by atoms with Gasteiger partial charge >= 0.3 is 0 Å². The van der Waals surface area contributed by atoms with Crippen LogP contribution >= 0.6 is 23.2 Å². The summed E-state index contributed by atoms with van der Waals surface area (Å²) in [4.78, 5) is 16.9. The predicted octanol–water partition coefficient (Wildman–Crippen LogP) is 3.89. The number of nitrogens with one attached hydrogen (secondary N) is 1. The maximum atomic E-state index is 15.6. The molecule has 0 radical (unpaired) electrons. The summed E-state index contributed by atoms with van der Waals surface area (Å²) in [5.74, 6) is -0.691. The Hall–Kier alpha value is -1.69. The van der Waals surface area contributed by atoms with Gasteiger partial charge in [-0.25, -0.2) is 4.39 Å². The van der Waals surface area contributed by atoms with E-state index in [0.717, 1.165) is 0 Å². The Labute approximate surface area is 154 Å². The number of nitrogens with zero attached hydrogens (tertiary/aromatic N) is 1. The fourth-order valence-electron chi connectivity index (χ4n) is 3.30. The highest BCUT2D eigenvalue weighted by molar-refractivity contribution is 6.35. The topological polar surface area (TPSA) is 54.5 Å². The number of epoxide rings is 1. The van der Waals surface area contributed by atoms with Crippen LogP contribution in [0, 0.1) is 0 Å². The molecule has 2 heterocycles. The molecule has 0 bridgehead atoms. The van der Waals surface area contributed by atoms with Crippen LogP contribution in [0.1, 0.15) is 29.7 Å². The fourth-order valence-corrected chi connectivity index (χ4v) is 3.78. The zero-order valence-electron chi connectivity index (χ0n) is 13.2. The van der Waals surface area contributed by atoms with Crippen molar-refractivity contribution in [2.75, 3.05) is 6.61 Å². The maximum Gasteiger partial charge on any atom is 0.262 e. The zero-order chi connectivity index (χ0) is 17.7. The highest BCUT2D eigenvalue weighted by Gasteiger charge is 2.58. The molecule has 2 aliphatic rings. The molecular formula is C18H15Cl2FN2O2. The molecule has 1 amide bonds. The van der Waals surface area contributed by atoms with Gasteiger partial charge in [0.15, 0.2) is 0 Å². The Morgan fingerprint density at radius 2 is 2.12 bits per heavy atom. The minimum Gasteiger partial charge on any atom is -0.363 e. The number of fused-ring (bicyclic) bond motifs is 2. The summed E-state index contributed by atoms with van der Waals surface area (Å²) in [6.07, 6.45) is 2.09. The third-order valence-corrected chi connectivity index (χ3v) is 5.43. The van der Waals surface area contributed by atoms with Crippen LogP contribution < -0.4 is 5.32 Å². The average Bonchev–Trinajstić information content (AvgIpc) is 3.39. The van der Waals surface area contributed by atoms with Gasteiger partial charge in [0, 0.05) is 28.4 Å². The van der Waals surface area contributed by atoms with Gasteiger partial charge in [0.05, 0.1) is 12.3 Å². The van der Waals surface area contributed by atoms with Crippen LogP contribution in [0.3, 0.4) is 0 Å². The predicted molar refractivity (Wildman–Crippen MR) is 92.2 cm³/mol. The molecule has 1 aliphatic carbocycles. The molecule has 1 fully saturated rings. The molecule has 1 aromatic carbocycles. The van der Waals surface area contributed by atoms with Gasteiger partial charge in [-0.3, -0.25) is 9.78 Å². The third kappa shape index (κ3) is 2.80. The molecule has 2 unspecified atom stereocenters. The number of carbonyl (C=O) groups excluding carboxylic acids is 1. The van der Waals surface area contributed by atoms with E-state index < -0.39 is 17.2 Å². The third-order valence-electron chi connectivity index (χ3n) is 4.85. The normalized spacial score (nSPS) is 27.0. The summed E-state index contributed by atoms with van der Waals surface area (Å²) in [6, 6.07) is 8.22. The Bertz CT molecular complexity index is 857. The standard InChI is InChI=1S/C18H15Cl2FN2O2/c19-12-4-3-11(14(20)8-12)9-23-16(24)18(21)6-5-17(10-25-17)15-13(18)2-1-7-22-15/h1-4,7-8H,5-6,9-10H2,(H,23,24). The van der Waals surface area contributed by atoms with E-state index in [2.05, 4.69) is 10.3 Å². The van der Waals surface area contributed by atoms with Gasteiger partial charge in [0.25, 0.3) is 5.91 Å². The van der Waals surface area contributed by atoms with E-state index in [0.29, 0.717) is 39.9 Å². The molecule has 1 N–H and O–H groups in total. The van der Waals surface area contributed by atoms with Crippen LogP contribution in [0.25, 0.3) is 0 Å². The number of aromatic nitrogens is 1. The highest BCUT2D eigenvalue weighted by Crippen LogP contribution is 2.53. The van der Waals surface area contributed by atoms with Crippen molar-refractivity contribution in [2.45, 2.75) is 30.7 Å². The largest absolute Gasteiger partial charge is 0.363 e. The number of ether oxygens (including phenoxy) is 1. The van der Waals surface area contributed by atoms with E-state index in [9.17, 15) is 4.79 Å². The van der Waals surface area contributed by atoms with Crippen LogP contribution in [0.15, 0.2) is 36.5 Å². The van der Waals surface area contributed by atoms with Crippen LogP contribution in [-0.2, 0) is 27.3 Å². The molecule has 1 aromatic heterocycles. The number of pyridine rings is 1. The summed E-state index contributed by atoms with van der Waals surface area (Å²) < 4.78 is 21.1. The summed E-state index contributed by atoms with van der Waals surface area (Å²) in [5, 5.41) is 3.58. The van der Waals surface area contributed by atoms with Crippen molar-refractivity contribution in [3.8, 4) is 0 Å². The highest BCUT2D eigenvalue weighted by atomic mass is 35.5. The van der Waals surface area contributed by atoms with Gasteiger partial charge in [-0.2, -0.15) is 0 Å². The lowest BCUT2D eigenvalue weighted by atomic mass is 9.77. The second kappa shape index (κ2) is 5.94. The number of alkyl halides is 1. The number of amides is 1. The lowest BCUT2D eigenvalue weighted by Crippen LogP contribution is -2.45. The molecule has 1 aliphatic heterocycles. The monoisotopic (exact) mass is 380 g/mol. The summed E-state index contributed by atoms with van der Waals surface area (Å²) in [7, 11) is 0. The molecule has 25 heavy (non-hydrogen) atoms. The number of hydrogen-bond donors (Lipinski definition) is 1. The van der Waals surface area contributed by atoms with Crippen molar-refractivity contribution in [3.05, 3.63) is 63.4 Å². The van der Waals surface area contributed by atoms with Gasteiger partial charge in [-0.15, -0.1) is 0 Å². The second-order valence-corrected chi connectivity index (χ2v) is 7.25. The molecule has 4 rings (SSSR count). The summed E-state index contributed by atoms with van der Waals surface area (Å²) in [5.41, 5.74) is -1.14. The molecule has 7 heteroatoms. The molecule has 4 nitrogen and oxygen atoms in total. The SMILES string of the molecule is O=C(NCc1ccc(Cl)cc1Cl)C1(F)CCC2(CO2)c2ncccc21. The van der Waals surface area contributed by atoms with E-state index in [-0.39, 0.29) is 13.0 Å². The van der Waals surface area contributed by atoms with Crippen LogP contribution in [0.4, 0.5) is 4.39 Å². The first-order valence-corrected chi connectivity index (χ1v) is 8.71. The van der Waals surface area contributed by atoms with E-state index in [1.165, 1.54) is 0 Å². The summed E-state index contributed by atoms with van der Waals surface area (Å²) in [6.45, 7) is 0.646. The van der Waals surface area contributed by atoms with Gasteiger partial charge in [-0.05, 0) is 36.6 Å². The Kier molecular flexibility index (Phi) is 3.98. The number of rotatable bonds is 3. The number of hydrogen-bond acceptors (Lipinski definition) is 3. The van der Waals surface area contributed by atoms with Crippen LogP contribution in [0.2, 0.25) is 10.0 Å². The van der Waals surface area contributed by atoms with Gasteiger partial charge in [0.1, 0.15) is 5.60 Å². The molecule has 2 atom stereocenters. The van der Waals surface area contributed by atoms with E-state index >= 15 is 4.39 Å². The smallest absolute Gasteiger partial charge is 0.262 e. The lowest BCUT2D eigenvalue weighted by molar-refractivity contribution is -0.135. The van der Waals surface area contributed by atoms with E-state index in [4.69, 9.17) is 27.9 Å². The molecule has 1 saturated heterocycles. The van der Waals surface area contributed by atoms with Crippen molar-refractivity contribution in [3.63, 3.8) is 0 Å². The Morgan fingerprint density at radius 1 is 1.32 bits per heavy atom. The summed E-state index contributed by atoms with van der Waals surface area (Å²) >= 11 is 12.0. The van der Waals surface area contributed by atoms with Gasteiger partial charge in [0.2, 0.25) is 5.67 Å². The van der Waals surface area contributed by atoms with Crippen molar-refractivity contribution >= 4 is 29.1 Å². The van der Waals surface area contributed by atoms with Crippen molar-refractivity contribution in [2.24, 2.45) is 0 Å². The van der Waals surface area contributed by atoms with Crippen molar-refractivity contribution in [1.29, 1.82) is 0 Å². The zero-order valence-corrected chi connectivity index (χ0v) is 14.7. The van der Waals surface area contributed by atoms with Gasteiger partial charge in [-0.1, -0.05) is 35.3 Å². The maximum absolute atomic E-state index is 15.6. The molecule has 1 spiro atoms. The lowest BCUT2D eigenvalue weighted by Gasteiger charge is -2.33. The average molecular weight is 381 g/mol. The van der Waals surface area contributed by atoms with Gasteiger partial charge < -0.3 is 10.1 Å². The molecular weight excluding hydrogens is 366 g/mol. The molecule has 0 saturated carbocycles. The van der Waals surface area contributed by atoms with Crippen molar-refractivity contribution in [1.82, 2.24) is 10.3 Å². The molecule has 2 aromatic rings. The number of carbonyl (C=O) groups is 1. The second-order valence-electron chi connectivity index (χ2n) is 6.40. The first-order chi connectivity index (χ1) is 11.9. The molecule has 130 valence electrons.